The number of nitrogens with one attached hydrogen (secondary N) is 4. The summed E-state index contributed by atoms with van der Waals surface area (Å²) in [6, 6.07) is 15.5. The van der Waals surface area contributed by atoms with Gasteiger partial charge >= 0.3 is 0 Å². The number of fused-ring (bicyclic) bond motifs is 2. The Balaban J connectivity index is 0.00000274. The Bertz CT molecular complexity index is 1140. The van der Waals surface area contributed by atoms with Crippen molar-refractivity contribution in [2.75, 3.05) is 0 Å². The van der Waals surface area contributed by atoms with Gasteiger partial charge in [-0.25, -0.2) is 0 Å². The fourth-order valence-electron chi connectivity index (χ4n) is 5.19. The molecule has 2 aliphatic rings. The van der Waals surface area contributed by atoms with Crippen LogP contribution < -0.4 is 16.0 Å². The van der Waals surface area contributed by atoms with E-state index in [0.29, 0.717) is 19.4 Å². The molecule has 3 aromatic rings. The molecule has 0 radical (unpaired) electrons. The molecule has 0 spiro atoms. The number of hydrogen-bond donors (Lipinski definition) is 4. The highest BCUT2D eigenvalue weighted by Crippen LogP contribution is 2.21. The van der Waals surface area contributed by atoms with Gasteiger partial charge in [0.15, 0.2) is 0 Å². The largest absolute Gasteiger partial charge is 0.361 e. The lowest BCUT2D eigenvalue weighted by atomic mass is 9.94. The summed E-state index contributed by atoms with van der Waals surface area (Å²) in [5.41, 5.74) is 4.50. The minimum atomic E-state index is -0.613. The molecule has 5 rings (SSSR count). The van der Waals surface area contributed by atoms with Gasteiger partial charge in [-0.05, 0) is 42.0 Å². The van der Waals surface area contributed by atoms with Crippen LogP contribution in [0.25, 0.3) is 10.9 Å². The quantitative estimate of drug-likeness (QED) is 0.433. The molecule has 2 atom stereocenters. The van der Waals surface area contributed by atoms with Crippen molar-refractivity contribution in [3.05, 3.63) is 71.4 Å². The van der Waals surface area contributed by atoms with Gasteiger partial charge in [0.1, 0.15) is 6.04 Å². The van der Waals surface area contributed by atoms with Gasteiger partial charge in [-0.3, -0.25) is 9.59 Å². The van der Waals surface area contributed by atoms with Crippen molar-refractivity contribution in [3.63, 3.8) is 0 Å². The minimum Gasteiger partial charge on any atom is -0.361 e. The molecule has 2 unspecified atom stereocenters. The van der Waals surface area contributed by atoms with Crippen LogP contribution in [0.5, 0.6) is 0 Å². The average Bonchev–Trinajstić information content (AvgIpc) is 3.26. The van der Waals surface area contributed by atoms with Gasteiger partial charge in [-0.15, -0.1) is 12.4 Å². The van der Waals surface area contributed by atoms with E-state index < -0.39 is 6.04 Å². The van der Waals surface area contributed by atoms with E-state index in [1.807, 2.05) is 36.5 Å². The zero-order valence-electron chi connectivity index (χ0n) is 19.3. The normalized spacial score (nSPS) is 19.0. The number of carbonyl (C=O) groups excluding carboxylic acids is 2. The van der Waals surface area contributed by atoms with Crippen LogP contribution in [0.15, 0.2) is 54.7 Å². The topological polar surface area (TPSA) is 86.0 Å². The lowest BCUT2D eigenvalue weighted by Gasteiger charge is -2.29. The molecular weight excluding hydrogens is 448 g/mol. The molecule has 2 heterocycles. The Morgan fingerprint density at radius 1 is 0.971 bits per heavy atom. The van der Waals surface area contributed by atoms with Gasteiger partial charge in [0.2, 0.25) is 11.8 Å². The summed E-state index contributed by atoms with van der Waals surface area (Å²) in [5.74, 6) is -0.204. The molecule has 34 heavy (non-hydrogen) atoms. The highest BCUT2D eigenvalue weighted by atomic mass is 35.5. The molecule has 0 saturated heterocycles. The van der Waals surface area contributed by atoms with Crippen LogP contribution in [-0.2, 0) is 29.0 Å². The predicted octanol–water partition coefficient (Wildman–Crippen LogP) is 3.78. The maximum Gasteiger partial charge on any atom is 0.243 e. The van der Waals surface area contributed by atoms with Gasteiger partial charge < -0.3 is 20.9 Å². The maximum atomic E-state index is 13.3. The second-order valence-electron chi connectivity index (χ2n) is 9.37. The summed E-state index contributed by atoms with van der Waals surface area (Å²) in [6.07, 6.45) is 8.60. The summed E-state index contributed by atoms with van der Waals surface area (Å²) in [5, 5.41) is 10.7. The zero-order chi connectivity index (χ0) is 22.6. The smallest absolute Gasteiger partial charge is 0.243 e. The molecule has 2 aromatic carbocycles. The standard InChI is InChI=1S/C27H32N4O2.ClH/c32-26(24-14-18-8-4-5-9-19(18)16-29-24)31-25(27(33)30-21-10-2-1-3-11-21)15-20-17-28-23-13-7-6-12-22(20)23;/h4-9,12-13,17,21,24-25,28-29H,1-3,10-11,14-16H2,(H,30,33)(H,31,32);1H. The van der Waals surface area contributed by atoms with Crippen molar-refractivity contribution < 1.29 is 9.59 Å². The molecule has 1 aliphatic heterocycles. The van der Waals surface area contributed by atoms with Crippen LogP contribution in [-0.4, -0.2) is 34.9 Å². The molecular formula is C27H33ClN4O2. The Labute approximate surface area is 206 Å². The number of amides is 2. The molecule has 1 fully saturated rings. The number of aromatic nitrogens is 1. The fraction of sp³-hybridized carbons (Fsp3) is 0.407. The number of rotatable bonds is 6. The van der Waals surface area contributed by atoms with Crippen molar-refractivity contribution >= 4 is 35.1 Å². The van der Waals surface area contributed by atoms with E-state index in [-0.39, 0.29) is 36.3 Å². The fourth-order valence-corrected chi connectivity index (χ4v) is 5.19. The number of hydrogen-bond acceptors (Lipinski definition) is 3. The summed E-state index contributed by atoms with van der Waals surface area (Å²) >= 11 is 0. The van der Waals surface area contributed by atoms with Crippen molar-refractivity contribution in [3.8, 4) is 0 Å². The van der Waals surface area contributed by atoms with E-state index in [2.05, 4.69) is 39.1 Å². The summed E-state index contributed by atoms with van der Waals surface area (Å²) < 4.78 is 0. The first-order valence-electron chi connectivity index (χ1n) is 12.1. The van der Waals surface area contributed by atoms with Crippen LogP contribution >= 0.6 is 12.4 Å². The van der Waals surface area contributed by atoms with Gasteiger partial charge in [0.05, 0.1) is 6.04 Å². The Kier molecular flexibility index (Phi) is 7.91. The average molecular weight is 481 g/mol. The van der Waals surface area contributed by atoms with E-state index in [0.717, 1.165) is 42.1 Å². The Morgan fingerprint density at radius 2 is 1.71 bits per heavy atom. The molecule has 2 amide bonds. The van der Waals surface area contributed by atoms with Crippen molar-refractivity contribution in [1.29, 1.82) is 0 Å². The van der Waals surface area contributed by atoms with Crippen molar-refractivity contribution in [1.82, 2.24) is 20.9 Å². The summed E-state index contributed by atoms with van der Waals surface area (Å²) in [7, 11) is 0. The zero-order valence-corrected chi connectivity index (χ0v) is 20.1. The first-order chi connectivity index (χ1) is 16.2. The third-order valence-electron chi connectivity index (χ3n) is 7.08. The van der Waals surface area contributed by atoms with Gasteiger partial charge in [0.25, 0.3) is 0 Å². The van der Waals surface area contributed by atoms with E-state index in [9.17, 15) is 9.59 Å². The third kappa shape index (κ3) is 5.45. The van der Waals surface area contributed by atoms with Crippen LogP contribution in [0.3, 0.4) is 0 Å². The monoisotopic (exact) mass is 480 g/mol. The molecule has 6 nitrogen and oxygen atoms in total. The van der Waals surface area contributed by atoms with Crippen molar-refractivity contribution in [2.24, 2.45) is 0 Å². The number of benzene rings is 2. The number of carbonyl (C=O) groups is 2. The van der Waals surface area contributed by atoms with E-state index in [1.54, 1.807) is 0 Å². The molecule has 1 aliphatic carbocycles. The second kappa shape index (κ2) is 11.1. The molecule has 180 valence electrons. The molecule has 1 saturated carbocycles. The minimum absolute atomic E-state index is 0. The third-order valence-corrected chi connectivity index (χ3v) is 7.08. The molecule has 1 aromatic heterocycles. The number of para-hydroxylation sites is 1. The number of H-pyrrole nitrogens is 1. The van der Waals surface area contributed by atoms with Gasteiger partial charge in [-0.1, -0.05) is 61.7 Å². The second-order valence-corrected chi connectivity index (χ2v) is 9.37. The van der Waals surface area contributed by atoms with Crippen LogP contribution in [0.2, 0.25) is 0 Å². The predicted molar refractivity (Wildman–Crippen MR) is 137 cm³/mol. The van der Waals surface area contributed by atoms with Crippen molar-refractivity contribution in [2.45, 2.75) is 69.6 Å². The van der Waals surface area contributed by atoms with E-state index in [1.165, 1.54) is 17.5 Å². The lowest BCUT2D eigenvalue weighted by Crippen LogP contribution is -2.56. The SMILES string of the molecule is Cl.O=C(NC(Cc1c[nH]c2ccccc12)C(=O)NC1CCCCC1)C1Cc2ccccc2CN1. The Hall–Kier alpha value is -2.83. The van der Waals surface area contributed by atoms with Gasteiger partial charge in [0, 0.05) is 36.1 Å². The number of halogens is 1. The summed E-state index contributed by atoms with van der Waals surface area (Å²) in [4.78, 5) is 29.9. The van der Waals surface area contributed by atoms with Gasteiger partial charge in [-0.2, -0.15) is 0 Å². The molecule has 7 heteroatoms. The first-order valence-corrected chi connectivity index (χ1v) is 12.1. The van der Waals surface area contributed by atoms with Crippen LogP contribution in [0.4, 0.5) is 0 Å². The Morgan fingerprint density at radius 3 is 2.53 bits per heavy atom. The van der Waals surface area contributed by atoms with Crippen LogP contribution in [0.1, 0.15) is 48.8 Å². The molecule has 0 bridgehead atoms. The van der Waals surface area contributed by atoms with E-state index in [4.69, 9.17) is 0 Å². The molecule has 4 N–H and O–H groups in total. The number of aromatic amines is 1. The summed E-state index contributed by atoms with van der Waals surface area (Å²) in [6.45, 7) is 0.662. The highest BCUT2D eigenvalue weighted by molar-refractivity contribution is 5.91. The first kappa shape index (κ1) is 24.3. The highest BCUT2D eigenvalue weighted by Gasteiger charge is 2.30. The maximum absolute atomic E-state index is 13.3. The lowest BCUT2D eigenvalue weighted by molar-refractivity contribution is -0.130. The van der Waals surface area contributed by atoms with Crippen LogP contribution in [0, 0.1) is 0 Å². The van der Waals surface area contributed by atoms with E-state index >= 15 is 0 Å².